The van der Waals surface area contributed by atoms with Crippen molar-refractivity contribution in [2.45, 2.75) is 83.1 Å². The molecule has 1 aromatic carbocycles. The van der Waals surface area contributed by atoms with Crippen molar-refractivity contribution in [1.29, 1.82) is 0 Å². The summed E-state index contributed by atoms with van der Waals surface area (Å²) < 4.78 is 10.1. The molecule has 0 aliphatic carbocycles. The number of aliphatic hydroxyl groups is 5. The third kappa shape index (κ3) is 10.4. The topological polar surface area (TPSA) is 217 Å². The zero-order chi connectivity index (χ0) is 30.9. The minimum Gasteiger partial charge on any atom is -0.459 e. The summed E-state index contributed by atoms with van der Waals surface area (Å²) in [5.74, 6) is -7.78. The van der Waals surface area contributed by atoms with Gasteiger partial charge in [-0.3, -0.25) is 14.4 Å². The molecule has 0 bridgehead atoms. The van der Waals surface area contributed by atoms with Crippen LogP contribution in [-0.2, 0) is 35.3 Å². The number of carbonyl (C=O) groups excluding carboxylic acids is 5. The van der Waals surface area contributed by atoms with Gasteiger partial charge in [0.1, 0.15) is 24.7 Å². The first-order valence-corrected chi connectivity index (χ1v) is 12.5. The van der Waals surface area contributed by atoms with Crippen LogP contribution in [0.2, 0.25) is 0 Å². The molecule has 0 aliphatic heterocycles. The summed E-state index contributed by atoms with van der Waals surface area (Å²) >= 11 is 0. The summed E-state index contributed by atoms with van der Waals surface area (Å²) in [5.41, 5.74) is -5.91. The molecule has 0 aromatic heterocycles. The molecule has 0 fully saturated rings. The van der Waals surface area contributed by atoms with Crippen LogP contribution < -0.4 is 5.32 Å². The lowest BCUT2D eigenvalue weighted by Crippen LogP contribution is -2.58. The Morgan fingerprint density at radius 3 is 2.02 bits per heavy atom. The number of aliphatic hydroxyl groups excluding tert-OH is 3. The third-order valence-electron chi connectivity index (χ3n) is 5.68. The number of esters is 1. The van der Waals surface area contributed by atoms with Crippen molar-refractivity contribution in [3.63, 3.8) is 0 Å². The van der Waals surface area contributed by atoms with E-state index in [0.29, 0.717) is 5.56 Å². The zero-order valence-corrected chi connectivity index (χ0v) is 23.2. The molecule has 40 heavy (non-hydrogen) atoms. The van der Waals surface area contributed by atoms with Gasteiger partial charge in [0.25, 0.3) is 0 Å². The lowest BCUT2D eigenvalue weighted by molar-refractivity contribution is -0.172. The minimum absolute atomic E-state index is 0.230. The normalized spacial score (nSPS) is 16.9. The predicted molar refractivity (Wildman–Crippen MR) is 139 cm³/mol. The first-order chi connectivity index (χ1) is 18.3. The van der Waals surface area contributed by atoms with Crippen LogP contribution in [0.5, 0.6) is 0 Å². The van der Waals surface area contributed by atoms with E-state index in [1.807, 2.05) is 0 Å². The Morgan fingerprint density at radius 2 is 1.52 bits per heavy atom. The highest BCUT2D eigenvalue weighted by molar-refractivity contribution is 6.18. The van der Waals surface area contributed by atoms with E-state index in [-0.39, 0.29) is 6.61 Å². The molecule has 224 valence electrons. The Morgan fingerprint density at radius 1 is 0.950 bits per heavy atom. The Balaban J connectivity index is 3.26. The van der Waals surface area contributed by atoms with Gasteiger partial charge >= 0.3 is 12.1 Å². The molecule has 13 heteroatoms. The molecule has 5 atom stereocenters. The maximum Gasteiger partial charge on any atom is 0.408 e. The van der Waals surface area contributed by atoms with Crippen LogP contribution in [0.1, 0.15) is 53.0 Å². The second-order valence-electron chi connectivity index (χ2n) is 10.8. The summed E-state index contributed by atoms with van der Waals surface area (Å²) in [6.45, 7) is 4.28. The molecule has 5 unspecified atom stereocenters. The van der Waals surface area contributed by atoms with Crippen molar-refractivity contribution < 1.29 is 59.0 Å². The number of rotatable bonds is 15. The summed E-state index contributed by atoms with van der Waals surface area (Å²) in [6, 6.07) is 8.44. The smallest absolute Gasteiger partial charge is 0.408 e. The number of hydrogen-bond acceptors (Lipinski definition) is 12. The standard InChI is InChI=1S/C27H39NO12/c1-16(30)11-27(38,20(33)14-29)22(34)21(19(32)13-28-24(36)40-25(2,3)4)18(31)12-26(5,37)23(35)39-15-17-9-7-6-8-10-17/h6-10,16,18,21,29-31,37-38H,11-15H2,1-5H3,(H,28,36). The van der Waals surface area contributed by atoms with E-state index < -0.39 is 90.3 Å². The van der Waals surface area contributed by atoms with Crippen molar-refractivity contribution >= 4 is 29.4 Å². The number of ether oxygens (including phenoxy) is 2. The molecule has 6 N–H and O–H groups in total. The van der Waals surface area contributed by atoms with Crippen molar-refractivity contribution in [2.75, 3.05) is 13.2 Å². The van der Waals surface area contributed by atoms with Crippen LogP contribution >= 0.6 is 0 Å². The fraction of sp³-hybridized carbons (Fsp3) is 0.593. The number of hydrogen-bond donors (Lipinski definition) is 6. The van der Waals surface area contributed by atoms with Crippen LogP contribution in [0, 0.1) is 5.92 Å². The van der Waals surface area contributed by atoms with Crippen LogP contribution in [0.25, 0.3) is 0 Å². The molecule has 1 amide bonds. The maximum atomic E-state index is 13.4. The molecular weight excluding hydrogens is 530 g/mol. The monoisotopic (exact) mass is 569 g/mol. The molecule has 0 saturated carbocycles. The maximum absolute atomic E-state index is 13.4. The van der Waals surface area contributed by atoms with E-state index in [2.05, 4.69) is 5.32 Å². The van der Waals surface area contributed by atoms with Gasteiger partial charge in [0.05, 0.1) is 18.8 Å². The largest absolute Gasteiger partial charge is 0.459 e. The van der Waals surface area contributed by atoms with Crippen LogP contribution in [0.15, 0.2) is 30.3 Å². The summed E-state index contributed by atoms with van der Waals surface area (Å²) in [4.78, 5) is 63.5. The second kappa shape index (κ2) is 14.4. The number of nitrogens with one attached hydrogen (secondary N) is 1. The van der Waals surface area contributed by atoms with E-state index >= 15 is 0 Å². The van der Waals surface area contributed by atoms with Crippen molar-refractivity contribution in [2.24, 2.45) is 5.92 Å². The quantitative estimate of drug-likeness (QED) is 0.117. The molecule has 1 rings (SSSR count). The molecule has 0 heterocycles. The van der Waals surface area contributed by atoms with Crippen LogP contribution in [-0.4, -0.2) is 97.1 Å². The number of alkyl carbamates (subject to hydrolysis) is 1. The average molecular weight is 570 g/mol. The first-order valence-electron chi connectivity index (χ1n) is 12.5. The van der Waals surface area contributed by atoms with E-state index in [1.165, 1.54) is 0 Å². The fourth-order valence-corrected chi connectivity index (χ4v) is 3.77. The van der Waals surface area contributed by atoms with E-state index in [0.717, 1.165) is 13.8 Å². The van der Waals surface area contributed by atoms with Crippen molar-refractivity contribution in [3.05, 3.63) is 35.9 Å². The zero-order valence-electron chi connectivity index (χ0n) is 23.2. The number of carbonyl (C=O) groups is 5. The average Bonchev–Trinajstić information content (AvgIpc) is 2.84. The Kier molecular flexibility index (Phi) is 12.5. The van der Waals surface area contributed by atoms with Crippen LogP contribution in [0.4, 0.5) is 4.79 Å². The van der Waals surface area contributed by atoms with E-state index in [9.17, 15) is 49.5 Å². The van der Waals surface area contributed by atoms with Gasteiger partial charge in [-0.1, -0.05) is 30.3 Å². The number of Topliss-reactive ketones (excluding diaryl/α,β-unsaturated/α-hetero) is 3. The molecule has 0 saturated heterocycles. The number of amides is 1. The van der Waals surface area contributed by atoms with Gasteiger partial charge < -0.3 is 40.3 Å². The Bertz CT molecular complexity index is 1050. The lowest BCUT2D eigenvalue weighted by atomic mass is 9.76. The molecular formula is C27H39NO12. The number of benzene rings is 1. The van der Waals surface area contributed by atoms with Crippen LogP contribution in [0.3, 0.4) is 0 Å². The van der Waals surface area contributed by atoms with Crippen molar-refractivity contribution in [3.8, 4) is 0 Å². The molecule has 0 radical (unpaired) electrons. The highest BCUT2D eigenvalue weighted by atomic mass is 16.6. The fourth-order valence-electron chi connectivity index (χ4n) is 3.77. The van der Waals surface area contributed by atoms with E-state index in [1.54, 1.807) is 51.1 Å². The van der Waals surface area contributed by atoms with Gasteiger partial charge in [0, 0.05) is 12.8 Å². The first kappa shape index (κ1) is 34.8. The van der Waals surface area contributed by atoms with Gasteiger partial charge in [-0.05, 0) is 40.2 Å². The van der Waals surface area contributed by atoms with Gasteiger partial charge in [-0.25, -0.2) is 9.59 Å². The van der Waals surface area contributed by atoms with Gasteiger partial charge in [-0.15, -0.1) is 0 Å². The predicted octanol–water partition coefficient (Wildman–Crippen LogP) is -0.426. The second-order valence-corrected chi connectivity index (χ2v) is 10.8. The molecule has 13 nitrogen and oxygen atoms in total. The third-order valence-corrected chi connectivity index (χ3v) is 5.68. The molecule has 0 spiro atoms. The Labute approximate surface area is 232 Å². The van der Waals surface area contributed by atoms with Gasteiger partial charge in [-0.2, -0.15) is 0 Å². The highest BCUT2D eigenvalue weighted by Crippen LogP contribution is 2.27. The SMILES string of the molecule is CC(O)CC(O)(C(=O)CO)C(=O)C(C(=O)CNC(=O)OC(C)(C)C)C(O)CC(C)(O)C(=O)OCc1ccccc1. The lowest BCUT2D eigenvalue weighted by Gasteiger charge is -2.33. The number of ketones is 3. The summed E-state index contributed by atoms with van der Waals surface area (Å²) in [5, 5.41) is 53.7. The Hall–Kier alpha value is -3.23. The van der Waals surface area contributed by atoms with Crippen molar-refractivity contribution in [1.82, 2.24) is 5.32 Å². The molecule has 0 aliphatic rings. The van der Waals surface area contributed by atoms with Gasteiger partial charge in [0.2, 0.25) is 0 Å². The molecule has 1 aromatic rings. The minimum atomic E-state index is -3.12. The highest BCUT2D eigenvalue weighted by Gasteiger charge is 2.52. The summed E-state index contributed by atoms with van der Waals surface area (Å²) in [6.07, 6.45) is -6.60. The van der Waals surface area contributed by atoms with Gasteiger partial charge in [0.15, 0.2) is 28.6 Å². The summed E-state index contributed by atoms with van der Waals surface area (Å²) in [7, 11) is 0. The van der Waals surface area contributed by atoms with E-state index in [4.69, 9.17) is 9.47 Å².